The molecule has 0 spiro atoms. The zero-order valence-electron chi connectivity index (χ0n) is 12.2. The van der Waals surface area contributed by atoms with Crippen LogP contribution in [-0.4, -0.2) is 57.3 Å². The summed E-state index contributed by atoms with van der Waals surface area (Å²) in [5.41, 5.74) is 0.598. The van der Waals surface area contributed by atoms with Crippen LogP contribution < -0.4 is 10.1 Å². The third-order valence-electron chi connectivity index (χ3n) is 3.46. The first kappa shape index (κ1) is 16.3. The molecule has 1 amide bonds. The number of carbonyl (C=O) groups excluding carboxylic acids is 1. The van der Waals surface area contributed by atoms with Crippen molar-refractivity contribution < 1.29 is 14.3 Å². The van der Waals surface area contributed by atoms with Gasteiger partial charge < -0.3 is 14.8 Å². The fraction of sp³-hybridized carbons (Fsp3) is 0.533. The Morgan fingerprint density at radius 2 is 2.19 bits per heavy atom. The van der Waals surface area contributed by atoms with Gasteiger partial charge in [-0.3, -0.25) is 9.69 Å². The molecule has 1 aromatic rings. The predicted molar refractivity (Wildman–Crippen MR) is 84.9 cm³/mol. The number of nitrogens with zero attached hydrogens (tertiary/aromatic N) is 1. The number of morpholine rings is 1. The summed E-state index contributed by atoms with van der Waals surface area (Å²) in [4.78, 5) is 14.5. The summed E-state index contributed by atoms with van der Waals surface area (Å²) >= 11 is 3.39. The number of halogens is 1. The Kier molecular flexibility index (Phi) is 6.48. The Hall–Kier alpha value is -1.11. The van der Waals surface area contributed by atoms with E-state index in [0.29, 0.717) is 17.9 Å². The van der Waals surface area contributed by atoms with Gasteiger partial charge in [-0.05, 0) is 47.1 Å². The lowest BCUT2D eigenvalue weighted by atomic mass is 10.2. The molecule has 21 heavy (non-hydrogen) atoms. The van der Waals surface area contributed by atoms with Crippen LogP contribution >= 0.6 is 15.9 Å². The summed E-state index contributed by atoms with van der Waals surface area (Å²) in [6, 6.07) is 5.38. The van der Waals surface area contributed by atoms with Crippen LogP contribution in [0.25, 0.3) is 0 Å². The topological polar surface area (TPSA) is 50.8 Å². The van der Waals surface area contributed by atoms with Crippen molar-refractivity contribution in [2.24, 2.45) is 0 Å². The lowest BCUT2D eigenvalue weighted by Crippen LogP contribution is -2.38. The van der Waals surface area contributed by atoms with Crippen LogP contribution in [0.5, 0.6) is 5.75 Å². The molecular weight excluding hydrogens is 336 g/mol. The minimum absolute atomic E-state index is 0.0808. The lowest BCUT2D eigenvalue weighted by molar-refractivity contribution is 0.0374. The van der Waals surface area contributed by atoms with E-state index in [2.05, 4.69) is 26.1 Å². The molecule has 0 aromatic heterocycles. The van der Waals surface area contributed by atoms with Crippen molar-refractivity contribution in [1.82, 2.24) is 10.2 Å². The molecule has 0 saturated carbocycles. The van der Waals surface area contributed by atoms with E-state index in [0.717, 1.165) is 43.7 Å². The standard InChI is InChI=1S/C15H21BrN2O3/c1-20-12-3-4-14(16)13(11-12)15(19)17-5-2-6-18-7-9-21-10-8-18/h3-4,11H,2,5-10H2,1H3,(H,17,19). The van der Waals surface area contributed by atoms with E-state index in [4.69, 9.17) is 9.47 Å². The Morgan fingerprint density at radius 1 is 1.43 bits per heavy atom. The Balaban J connectivity index is 1.76. The molecule has 1 aliphatic heterocycles. The van der Waals surface area contributed by atoms with Crippen molar-refractivity contribution in [2.45, 2.75) is 6.42 Å². The maximum atomic E-state index is 12.2. The molecule has 1 saturated heterocycles. The number of methoxy groups -OCH3 is 1. The zero-order chi connectivity index (χ0) is 15.1. The van der Waals surface area contributed by atoms with Gasteiger partial charge in [0.05, 0.1) is 25.9 Å². The van der Waals surface area contributed by atoms with Gasteiger partial charge in [-0.1, -0.05) is 0 Å². The first-order valence-electron chi connectivity index (χ1n) is 7.12. The van der Waals surface area contributed by atoms with Crippen LogP contribution in [0.15, 0.2) is 22.7 Å². The summed E-state index contributed by atoms with van der Waals surface area (Å²) in [5.74, 6) is 0.597. The highest BCUT2D eigenvalue weighted by molar-refractivity contribution is 9.10. The molecule has 6 heteroatoms. The highest BCUT2D eigenvalue weighted by Crippen LogP contribution is 2.22. The van der Waals surface area contributed by atoms with Gasteiger partial charge in [0, 0.05) is 24.1 Å². The van der Waals surface area contributed by atoms with Gasteiger partial charge in [-0.15, -0.1) is 0 Å². The van der Waals surface area contributed by atoms with Gasteiger partial charge in [0.25, 0.3) is 5.91 Å². The second-order valence-corrected chi connectivity index (χ2v) is 5.76. The SMILES string of the molecule is COc1ccc(Br)c(C(=O)NCCCN2CCOCC2)c1. The molecule has 2 rings (SSSR count). The molecule has 0 atom stereocenters. The van der Waals surface area contributed by atoms with E-state index >= 15 is 0 Å². The predicted octanol–water partition coefficient (Wildman–Crippen LogP) is 1.91. The first-order valence-corrected chi connectivity index (χ1v) is 7.92. The van der Waals surface area contributed by atoms with E-state index in [-0.39, 0.29) is 5.91 Å². The summed E-state index contributed by atoms with van der Waals surface area (Å²) < 4.78 is 11.2. The van der Waals surface area contributed by atoms with E-state index in [1.165, 1.54) is 0 Å². The lowest BCUT2D eigenvalue weighted by Gasteiger charge is -2.26. The normalized spacial score (nSPS) is 15.7. The van der Waals surface area contributed by atoms with Crippen LogP contribution in [0.2, 0.25) is 0 Å². The summed E-state index contributed by atoms with van der Waals surface area (Å²) in [6.07, 6.45) is 0.938. The minimum Gasteiger partial charge on any atom is -0.497 e. The first-order chi connectivity index (χ1) is 10.2. The number of amides is 1. The van der Waals surface area contributed by atoms with E-state index in [1.807, 2.05) is 12.1 Å². The van der Waals surface area contributed by atoms with Crippen LogP contribution in [-0.2, 0) is 4.74 Å². The zero-order valence-corrected chi connectivity index (χ0v) is 13.8. The second-order valence-electron chi connectivity index (χ2n) is 4.91. The van der Waals surface area contributed by atoms with Crippen molar-refractivity contribution in [3.8, 4) is 5.75 Å². The average Bonchev–Trinajstić information content (AvgIpc) is 2.53. The van der Waals surface area contributed by atoms with Gasteiger partial charge in [0.1, 0.15) is 5.75 Å². The van der Waals surface area contributed by atoms with Crippen LogP contribution in [0.3, 0.4) is 0 Å². The number of ether oxygens (including phenoxy) is 2. The Morgan fingerprint density at radius 3 is 2.90 bits per heavy atom. The van der Waals surface area contributed by atoms with Crippen LogP contribution in [0, 0.1) is 0 Å². The molecule has 0 radical (unpaired) electrons. The molecule has 0 unspecified atom stereocenters. The molecule has 1 heterocycles. The van der Waals surface area contributed by atoms with Crippen LogP contribution in [0.1, 0.15) is 16.8 Å². The Labute approximate surface area is 133 Å². The number of hydrogen-bond acceptors (Lipinski definition) is 4. The largest absolute Gasteiger partial charge is 0.497 e. The molecular formula is C15H21BrN2O3. The number of rotatable bonds is 6. The van der Waals surface area contributed by atoms with Gasteiger partial charge in [-0.2, -0.15) is 0 Å². The smallest absolute Gasteiger partial charge is 0.252 e. The molecule has 0 bridgehead atoms. The minimum atomic E-state index is -0.0808. The van der Waals surface area contributed by atoms with Crippen molar-refractivity contribution in [3.63, 3.8) is 0 Å². The van der Waals surface area contributed by atoms with Gasteiger partial charge in [0.2, 0.25) is 0 Å². The molecule has 116 valence electrons. The van der Waals surface area contributed by atoms with Crippen molar-refractivity contribution >= 4 is 21.8 Å². The third kappa shape index (κ3) is 4.98. The van der Waals surface area contributed by atoms with Gasteiger partial charge in [0.15, 0.2) is 0 Å². The quantitative estimate of drug-likeness (QED) is 0.791. The van der Waals surface area contributed by atoms with Crippen molar-refractivity contribution in [2.75, 3.05) is 46.5 Å². The summed E-state index contributed by atoms with van der Waals surface area (Å²) in [6.45, 7) is 5.24. The molecule has 5 nitrogen and oxygen atoms in total. The fourth-order valence-corrected chi connectivity index (χ4v) is 2.66. The monoisotopic (exact) mass is 356 g/mol. The molecule has 1 aliphatic rings. The van der Waals surface area contributed by atoms with Gasteiger partial charge >= 0.3 is 0 Å². The maximum Gasteiger partial charge on any atom is 0.252 e. The highest BCUT2D eigenvalue weighted by atomic mass is 79.9. The summed E-state index contributed by atoms with van der Waals surface area (Å²) in [7, 11) is 1.59. The number of benzene rings is 1. The highest BCUT2D eigenvalue weighted by Gasteiger charge is 2.12. The summed E-state index contributed by atoms with van der Waals surface area (Å²) in [5, 5.41) is 2.95. The Bertz CT molecular complexity index is 476. The molecule has 1 aromatic carbocycles. The van der Waals surface area contributed by atoms with Crippen molar-refractivity contribution in [3.05, 3.63) is 28.2 Å². The molecule has 0 aliphatic carbocycles. The van der Waals surface area contributed by atoms with E-state index in [1.54, 1.807) is 13.2 Å². The van der Waals surface area contributed by atoms with Crippen molar-refractivity contribution in [1.29, 1.82) is 0 Å². The number of nitrogens with one attached hydrogen (secondary N) is 1. The number of carbonyl (C=O) groups is 1. The number of hydrogen-bond donors (Lipinski definition) is 1. The van der Waals surface area contributed by atoms with Crippen LogP contribution in [0.4, 0.5) is 0 Å². The molecule has 1 fully saturated rings. The average molecular weight is 357 g/mol. The maximum absolute atomic E-state index is 12.2. The fourth-order valence-electron chi connectivity index (χ4n) is 2.23. The molecule has 1 N–H and O–H groups in total. The second kappa shape index (κ2) is 8.36. The van der Waals surface area contributed by atoms with Gasteiger partial charge in [-0.25, -0.2) is 0 Å². The van der Waals surface area contributed by atoms with E-state index < -0.39 is 0 Å². The third-order valence-corrected chi connectivity index (χ3v) is 4.15. The van der Waals surface area contributed by atoms with E-state index in [9.17, 15) is 4.79 Å².